The highest BCUT2D eigenvalue weighted by Crippen LogP contribution is 2.19. The van der Waals surface area contributed by atoms with Gasteiger partial charge in [0.15, 0.2) is 5.96 Å². The molecule has 1 unspecified atom stereocenters. The lowest BCUT2D eigenvalue weighted by molar-refractivity contribution is -0.143. The zero-order chi connectivity index (χ0) is 16.6. The number of rotatable bonds is 7. The van der Waals surface area contributed by atoms with Crippen molar-refractivity contribution in [3.05, 3.63) is 0 Å². The van der Waals surface area contributed by atoms with Gasteiger partial charge >= 0.3 is 6.18 Å². The average molecular weight is 323 g/mol. The van der Waals surface area contributed by atoms with Crippen LogP contribution < -0.4 is 10.6 Å². The molecule has 2 N–H and O–H groups in total. The highest BCUT2D eigenvalue weighted by molar-refractivity contribution is 5.80. The summed E-state index contributed by atoms with van der Waals surface area (Å²) in [5.74, 6) is 0.695. The Labute approximate surface area is 130 Å². The number of halogens is 3. The van der Waals surface area contributed by atoms with E-state index in [1.54, 1.807) is 0 Å². The van der Waals surface area contributed by atoms with E-state index in [0.29, 0.717) is 32.0 Å². The third kappa shape index (κ3) is 8.43. The van der Waals surface area contributed by atoms with Crippen molar-refractivity contribution in [3.63, 3.8) is 0 Å². The summed E-state index contributed by atoms with van der Waals surface area (Å²) < 4.78 is 37.2. The molecule has 0 radical (unpaired) electrons. The van der Waals surface area contributed by atoms with Gasteiger partial charge in [-0.25, -0.2) is 0 Å². The van der Waals surface area contributed by atoms with Gasteiger partial charge in [-0.05, 0) is 40.4 Å². The Kier molecular flexibility index (Phi) is 7.95. The fraction of sp³-hybridized carbons (Fsp3) is 0.929. The van der Waals surface area contributed by atoms with E-state index < -0.39 is 12.7 Å². The summed E-state index contributed by atoms with van der Waals surface area (Å²) in [6.45, 7) is 4.42. The van der Waals surface area contributed by atoms with Crippen molar-refractivity contribution in [1.82, 2.24) is 20.4 Å². The second-order valence-electron chi connectivity index (χ2n) is 5.90. The van der Waals surface area contributed by atoms with E-state index in [9.17, 15) is 13.2 Å². The first-order valence-electron chi connectivity index (χ1n) is 7.79. The highest BCUT2D eigenvalue weighted by atomic mass is 19.4. The predicted molar refractivity (Wildman–Crippen MR) is 83.2 cm³/mol. The molecule has 0 aromatic carbocycles. The molecule has 1 saturated heterocycles. The summed E-state index contributed by atoms with van der Waals surface area (Å²) in [4.78, 5) is 8.01. The van der Waals surface area contributed by atoms with Gasteiger partial charge in [0.1, 0.15) is 0 Å². The van der Waals surface area contributed by atoms with E-state index in [4.69, 9.17) is 0 Å². The molecule has 8 heteroatoms. The molecule has 0 saturated carbocycles. The number of nitrogens with one attached hydrogen (secondary N) is 2. The third-order valence-corrected chi connectivity index (χ3v) is 3.39. The molecule has 1 aliphatic heterocycles. The van der Waals surface area contributed by atoms with E-state index in [0.717, 1.165) is 19.5 Å². The van der Waals surface area contributed by atoms with Crippen molar-refractivity contribution in [2.75, 3.05) is 53.4 Å². The molecular weight excluding hydrogens is 295 g/mol. The lowest BCUT2D eigenvalue weighted by Crippen LogP contribution is -2.45. The topological polar surface area (TPSA) is 42.9 Å². The Bertz CT molecular complexity index is 344. The molecule has 0 aromatic rings. The maximum absolute atomic E-state index is 12.4. The normalized spacial score (nSPS) is 20.7. The van der Waals surface area contributed by atoms with Crippen LogP contribution in [0, 0.1) is 0 Å². The molecule has 0 bridgehead atoms. The molecule has 1 rings (SSSR count). The van der Waals surface area contributed by atoms with E-state index in [-0.39, 0.29) is 6.04 Å². The Morgan fingerprint density at radius 1 is 1.36 bits per heavy atom. The molecule has 0 spiro atoms. The SMILES string of the molecule is CCNC(=NCCCN(C)C)NC1CCN(CC(F)(F)F)C1. The van der Waals surface area contributed by atoms with Crippen molar-refractivity contribution in [2.24, 2.45) is 4.99 Å². The fourth-order valence-corrected chi connectivity index (χ4v) is 2.44. The molecule has 1 aliphatic rings. The van der Waals surface area contributed by atoms with Crippen LogP contribution >= 0.6 is 0 Å². The van der Waals surface area contributed by atoms with Crippen LogP contribution in [-0.4, -0.2) is 81.3 Å². The minimum atomic E-state index is -4.13. The number of alkyl halides is 3. The van der Waals surface area contributed by atoms with Crippen LogP contribution in [0.15, 0.2) is 4.99 Å². The van der Waals surface area contributed by atoms with Gasteiger partial charge in [0, 0.05) is 32.2 Å². The summed E-state index contributed by atoms with van der Waals surface area (Å²) in [6.07, 6.45) is -2.47. The molecule has 1 atom stereocenters. The van der Waals surface area contributed by atoms with Gasteiger partial charge in [-0.2, -0.15) is 13.2 Å². The van der Waals surface area contributed by atoms with Crippen LogP contribution in [0.5, 0.6) is 0 Å². The van der Waals surface area contributed by atoms with Crippen molar-refractivity contribution in [1.29, 1.82) is 0 Å². The van der Waals surface area contributed by atoms with Gasteiger partial charge in [0.2, 0.25) is 0 Å². The van der Waals surface area contributed by atoms with Crippen LogP contribution in [-0.2, 0) is 0 Å². The summed E-state index contributed by atoms with van der Waals surface area (Å²) in [5.41, 5.74) is 0. The lowest BCUT2D eigenvalue weighted by Gasteiger charge is -2.19. The van der Waals surface area contributed by atoms with Gasteiger partial charge < -0.3 is 15.5 Å². The highest BCUT2D eigenvalue weighted by Gasteiger charge is 2.34. The van der Waals surface area contributed by atoms with Crippen LogP contribution in [0.4, 0.5) is 13.2 Å². The number of hydrogen-bond acceptors (Lipinski definition) is 3. The molecule has 1 fully saturated rings. The van der Waals surface area contributed by atoms with Crippen LogP contribution in [0.25, 0.3) is 0 Å². The monoisotopic (exact) mass is 323 g/mol. The standard InChI is InChI=1S/C14H28F3N5/c1-4-18-13(19-7-5-8-21(2)3)20-12-6-9-22(10-12)11-14(15,16)17/h12H,4-11H2,1-3H3,(H2,18,19,20). The predicted octanol–water partition coefficient (Wildman–Crippen LogP) is 1.13. The minimum Gasteiger partial charge on any atom is -0.357 e. The molecule has 0 amide bonds. The van der Waals surface area contributed by atoms with Crippen LogP contribution in [0.2, 0.25) is 0 Å². The Morgan fingerprint density at radius 3 is 2.68 bits per heavy atom. The summed E-state index contributed by atoms with van der Waals surface area (Å²) in [6, 6.07) is 0.0222. The number of nitrogens with zero attached hydrogens (tertiary/aromatic N) is 3. The zero-order valence-electron chi connectivity index (χ0n) is 13.7. The Morgan fingerprint density at radius 2 is 2.09 bits per heavy atom. The second kappa shape index (κ2) is 9.19. The van der Waals surface area contributed by atoms with Gasteiger partial charge in [0.05, 0.1) is 6.54 Å². The lowest BCUT2D eigenvalue weighted by atomic mass is 10.3. The smallest absolute Gasteiger partial charge is 0.357 e. The second-order valence-corrected chi connectivity index (χ2v) is 5.90. The first-order valence-corrected chi connectivity index (χ1v) is 7.79. The van der Waals surface area contributed by atoms with Gasteiger partial charge in [-0.15, -0.1) is 0 Å². The average Bonchev–Trinajstić information content (AvgIpc) is 2.79. The van der Waals surface area contributed by atoms with E-state index in [2.05, 4.69) is 20.5 Å². The summed E-state index contributed by atoms with van der Waals surface area (Å²) >= 11 is 0. The molecule has 1 heterocycles. The van der Waals surface area contributed by atoms with Crippen LogP contribution in [0.3, 0.4) is 0 Å². The fourth-order valence-electron chi connectivity index (χ4n) is 2.44. The van der Waals surface area contributed by atoms with E-state index in [1.807, 2.05) is 21.0 Å². The number of guanidine groups is 1. The summed E-state index contributed by atoms with van der Waals surface area (Å²) in [7, 11) is 4.03. The molecule has 130 valence electrons. The third-order valence-electron chi connectivity index (χ3n) is 3.39. The number of hydrogen-bond donors (Lipinski definition) is 2. The van der Waals surface area contributed by atoms with E-state index >= 15 is 0 Å². The molecular formula is C14H28F3N5. The van der Waals surface area contributed by atoms with Gasteiger partial charge in [-0.3, -0.25) is 9.89 Å². The van der Waals surface area contributed by atoms with Crippen LogP contribution in [0.1, 0.15) is 19.8 Å². The quantitative estimate of drug-likeness (QED) is 0.419. The van der Waals surface area contributed by atoms with E-state index in [1.165, 1.54) is 4.90 Å². The van der Waals surface area contributed by atoms with Gasteiger partial charge in [0.25, 0.3) is 0 Å². The summed E-state index contributed by atoms with van der Waals surface area (Å²) in [5, 5.41) is 6.38. The number of aliphatic imine (C=N–C) groups is 1. The van der Waals surface area contributed by atoms with Gasteiger partial charge in [-0.1, -0.05) is 0 Å². The first-order chi connectivity index (χ1) is 10.3. The Balaban J connectivity index is 2.38. The molecule has 0 aliphatic carbocycles. The number of likely N-dealkylation sites (tertiary alicyclic amines) is 1. The molecule has 0 aromatic heterocycles. The maximum atomic E-state index is 12.4. The first kappa shape index (κ1) is 19.0. The molecule has 5 nitrogen and oxygen atoms in total. The van der Waals surface area contributed by atoms with Crippen molar-refractivity contribution >= 4 is 5.96 Å². The Hall–Kier alpha value is -1.02. The molecule has 22 heavy (non-hydrogen) atoms. The zero-order valence-corrected chi connectivity index (χ0v) is 13.7. The van der Waals surface area contributed by atoms with Crippen molar-refractivity contribution < 1.29 is 13.2 Å². The largest absolute Gasteiger partial charge is 0.401 e. The maximum Gasteiger partial charge on any atom is 0.401 e. The van der Waals surface area contributed by atoms with Crippen molar-refractivity contribution in [2.45, 2.75) is 32.0 Å². The minimum absolute atomic E-state index is 0.0222. The van der Waals surface area contributed by atoms with Crippen molar-refractivity contribution in [3.8, 4) is 0 Å².